The van der Waals surface area contributed by atoms with Crippen molar-refractivity contribution in [1.82, 2.24) is 10.1 Å². The van der Waals surface area contributed by atoms with E-state index in [-0.39, 0.29) is 5.92 Å². The minimum Gasteiger partial charge on any atom is -0.481 e. The van der Waals surface area contributed by atoms with E-state index in [2.05, 4.69) is 10.1 Å². The van der Waals surface area contributed by atoms with Crippen LogP contribution in [0.1, 0.15) is 44.8 Å². The van der Waals surface area contributed by atoms with Gasteiger partial charge < -0.3 is 9.63 Å². The summed E-state index contributed by atoms with van der Waals surface area (Å²) in [6.45, 7) is 5.44. The van der Waals surface area contributed by atoms with Crippen LogP contribution in [0.4, 0.5) is 0 Å². The van der Waals surface area contributed by atoms with Crippen LogP contribution < -0.4 is 0 Å². The van der Waals surface area contributed by atoms with Gasteiger partial charge in [0.15, 0.2) is 5.82 Å². The van der Waals surface area contributed by atoms with Crippen LogP contribution in [0, 0.1) is 5.92 Å². The monoisotopic (exact) mass is 212 g/mol. The summed E-state index contributed by atoms with van der Waals surface area (Å²) < 4.78 is 5.03. The third kappa shape index (κ3) is 2.78. The molecule has 0 bridgehead atoms. The molecular formula is C10H16N2O3. The molecule has 0 aromatic carbocycles. The highest BCUT2D eigenvalue weighted by atomic mass is 16.5. The molecular weight excluding hydrogens is 196 g/mol. The Morgan fingerprint density at radius 3 is 2.73 bits per heavy atom. The average molecular weight is 212 g/mol. The summed E-state index contributed by atoms with van der Waals surface area (Å²) in [4.78, 5) is 14.9. The normalized spacial score (nSPS) is 14.9. The predicted molar refractivity (Wildman–Crippen MR) is 53.5 cm³/mol. The number of aliphatic carboxylic acids is 1. The first-order chi connectivity index (χ1) is 7.06. The fourth-order valence-electron chi connectivity index (χ4n) is 1.21. The summed E-state index contributed by atoms with van der Waals surface area (Å²) in [5.74, 6) is -0.552. The lowest BCUT2D eigenvalue weighted by Gasteiger charge is -2.10. The number of carboxylic acids is 1. The van der Waals surface area contributed by atoms with Crippen LogP contribution in [0.2, 0.25) is 0 Å². The quantitative estimate of drug-likeness (QED) is 0.805. The molecule has 0 saturated heterocycles. The second-order valence-electron chi connectivity index (χ2n) is 3.71. The molecule has 0 saturated carbocycles. The van der Waals surface area contributed by atoms with Gasteiger partial charge in [-0.3, -0.25) is 4.79 Å². The van der Waals surface area contributed by atoms with Crippen LogP contribution in [0.5, 0.6) is 0 Å². The third-order valence-electron chi connectivity index (χ3n) is 2.49. The molecule has 0 aliphatic carbocycles. The summed E-state index contributed by atoms with van der Waals surface area (Å²) in [7, 11) is 0. The van der Waals surface area contributed by atoms with Crippen LogP contribution in [-0.2, 0) is 11.2 Å². The number of hydrogen-bond donors (Lipinski definition) is 1. The highest BCUT2D eigenvalue weighted by Crippen LogP contribution is 2.22. The fraction of sp³-hybridized carbons (Fsp3) is 0.700. The van der Waals surface area contributed by atoms with Gasteiger partial charge in [-0.1, -0.05) is 25.9 Å². The second-order valence-corrected chi connectivity index (χ2v) is 3.71. The van der Waals surface area contributed by atoms with Crippen molar-refractivity contribution >= 4 is 5.97 Å². The van der Waals surface area contributed by atoms with E-state index < -0.39 is 11.9 Å². The lowest BCUT2D eigenvalue weighted by molar-refractivity contribution is -0.141. The molecule has 1 N–H and O–H groups in total. The van der Waals surface area contributed by atoms with Crippen molar-refractivity contribution in [3.63, 3.8) is 0 Å². The molecule has 2 unspecified atom stereocenters. The molecule has 1 rings (SSSR count). The molecule has 84 valence electrons. The van der Waals surface area contributed by atoms with E-state index in [1.807, 2.05) is 6.92 Å². The standard InChI is InChI=1S/C10H16N2O3/c1-4-5-8-11-9(15-12-8)6(2)7(3)10(13)14/h6-7H,4-5H2,1-3H3,(H,13,14). The van der Waals surface area contributed by atoms with Gasteiger partial charge in [0.2, 0.25) is 5.89 Å². The van der Waals surface area contributed by atoms with E-state index in [1.54, 1.807) is 13.8 Å². The minimum atomic E-state index is -0.849. The number of aryl methyl sites for hydroxylation is 1. The van der Waals surface area contributed by atoms with E-state index in [1.165, 1.54) is 0 Å². The summed E-state index contributed by atoms with van der Waals surface area (Å²) in [5.41, 5.74) is 0. The largest absolute Gasteiger partial charge is 0.481 e. The van der Waals surface area contributed by atoms with Gasteiger partial charge in [0.25, 0.3) is 0 Å². The number of nitrogens with zero attached hydrogens (tertiary/aromatic N) is 2. The fourth-order valence-corrected chi connectivity index (χ4v) is 1.21. The number of hydrogen-bond acceptors (Lipinski definition) is 4. The Labute approximate surface area is 88.5 Å². The summed E-state index contributed by atoms with van der Waals surface area (Å²) in [6, 6.07) is 0. The topological polar surface area (TPSA) is 76.2 Å². The van der Waals surface area contributed by atoms with Gasteiger partial charge >= 0.3 is 5.97 Å². The van der Waals surface area contributed by atoms with E-state index in [9.17, 15) is 4.79 Å². The maximum Gasteiger partial charge on any atom is 0.307 e. The molecule has 0 spiro atoms. The van der Waals surface area contributed by atoms with Gasteiger partial charge in [0, 0.05) is 12.3 Å². The van der Waals surface area contributed by atoms with Crippen molar-refractivity contribution < 1.29 is 14.4 Å². The highest BCUT2D eigenvalue weighted by Gasteiger charge is 2.25. The molecule has 0 fully saturated rings. The van der Waals surface area contributed by atoms with Crippen molar-refractivity contribution in [1.29, 1.82) is 0 Å². The van der Waals surface area contributed by atoms with Crippen molar-refractivity contribution in [3.05, 3.63) is 11.7 Å². The zero-order valence-corrected chi connectivity index (χ0v) is 9.23. The van der Waals surface area contributed by atoms with Gasteiger partial charge in [-0.2, -0.15) is 4.98 Å². The van der Waals surface area contributed by atoms with Crippen LogP contribution in [0.3, 0.4) is 0 Å². The van der Waals surface area contributed by atoms with Crippen molar-refractivity contribution in [3.8, 4) is 0 Å². The molecule has 15 heavy (non-hydrogen) atoms. The number of rotatable bonds is 5. The predicted octanol–water partition coefficient (Wildman–Crippen LogP) is 1.85. The maximum absolute atomic E-state index is 10.8. The SMILES string of the molecule is CCCc1noc(C(C)C(C)C(=O)O)n1. The molecule has 0 aliphatic heterocycles. The zero-order chi connectivity index (χ0) is 11.4. The highest BCUT2D eigenvalue weighted by molar-refractivity contribution is 5.70. The van der Waals surface area contributed by atoms with Crippen LogP contribution in [-0.4, -0.2) is 21.2 Å². The zero-order valence-electron chi connectivity index (χ0n) is 9.23. The minimum absolute atomic E-state index is 0.249. The first-order valence-corrected chi connectivity index (χ1v) is 5.11. The Bertz CT molecular complexity index is 335. The maximum atomic E-state index is 10.8. The Balaban J connectivity index is 2.73. The smallest absolute Gasteiger partial charge is 0.307 e. The van der Waals surface area contributed by atoms with E-state index in [0.29, 0.717) is 11.7 Å². The first kappa shape index (κ1) is 11.7. The molecule has 0 radical (unpaired) electrons. The van der Waals surface area contributed by atoms with Crippen LogP contribution in [0.25, 0.3) is 0 Å². The summed E-state index contributed by atoms with van der Waals surface area (Å²) in [5, 5.41) is 12.6. The molecule has 5 nitrogen and oxygen atoms in total. The van der Waals surface area contributed by atoms with Gasteiger partial charge in [-0.15, -0.1) is 0 Å². The van der Waals surface area contributed by atoms with Crippen LogP contribution >= 0.6 is 0 Å². The lowest BCUT2D eigenvalue weighted by Crippen LogP contribution is -2.16. The number of carbonyl (C=O) groups is 1. The van der Waals surface area contributed by atoms with Crippen molar-refractivity contribution in [2.75, 3.05) is 0 Å². The Morgan fingerprint density at radius 2 is 2.20 bits per heavy atom. The summed E-state index contributed by atoms with van der Waals surface area (Å²) in [6.07, 6.45) is 1.71. The number of carboxylic acid groups (broad SMARTS) is 1. The van der Waals surface area contributed by atoms with Crippen molar-refractivity contribution in [2.45, 2.75) is 39.5 Å². The Kier molecular flexibility index (Phi) is 3.82. The van der Waals surface area contributed by atoms with Crippen molar-refractivity contribution in [2.24, 2.45) is 5.92 Å². The molecule has 1 aromatic rings. The summed E-state index contributed by atoms with van der Waals surface area (Å²) >= 11 is 0. The van der Waals surface area contributed by atoms with E-state index in [4.69, 9.17) is 9.63 Å². The van der Waals surface area contributed by atoms with Gasteiger partial charge in [-0.05, 0) is 6.42 Å². The van der Waals surface area contributed by atoms with Gasteiger partial charge in [0.05, 0.1) is 5.92 Å². The molecule has 1 aromatic heterocycles. The second kappa shape index (κ2) is 4.91. The van der Waals surface area contributed by atoms with E-state index in [0.717, 1.165) is 12.8 Å². The average Bonchev–Trinajstić information content (AvgIpc) is 2.64. The molecule has 1 heterocycles. The molecule has 0 aliphatic rings. The first-order valence-electron chi connectivity index (χ1n) is 5.11. The van der Waals surface area contributed by atoms with Crippen LogP contribution in [0.15, 0.2) is 4.52 Å². The van der Waals surface area contributed by atoms with E-state index >= 15 is 0 Å². The number of aromatic nitrogens is 2. The molecule has 2 atom stereocenters. The Hall–Kier alpha value is -1.39. The van der Waals surface area contributed by atoms with Gasteiger partial charge in [-0.25, -0.2) is 0 Å². The molecule has 5 heteroatoms. The lowest BCUT2D eigenvalue weighted by atomic mass is 9.96. The van der Waals surface area contributed by atoms with Gasteiger partial charge in [0.1, 0.15) is 0 Å². The molecule has 0 amide bonds. The third-order valence-corrected chi connectivity index (χ3v) is 2.49. The Morgan fingerprint density at radius 1 is 1.53 bits per heavy atom.